The predicted molar refractivity (Wildman–Crippen MR) is 141 cm³/mol. The maximum Gasteiger partial charge on any atom is 0.321 e. The van der Waals surface area contributed by atoms with E-state index in [1.165, 1.54) is 5.56 Å². The summed E-state index contributed by atoms with van der Waals surface area (Å²) in [5.74, 6) is 1.000. The van der Waals surface area contributed by atoms with Crippen LogP contribution in [0.2, 0.25) is 0 Å². The van der Waals surface area contributed by atoms with Crippen molar-refractivity contribution in [2.75, 3.05) is 23.7 Å². The van der Waals surface area contributed by atoms with E-state index in [-0.39, 0.29) is 11.9 Å². The average molecular weight is 534 g/mol. The fourth-order valence-electron chi connectivity index (χ4n) is 4.41. The Morgan fingerprint density at radius 1 is 1.17 bits per heavy atom. The molecule has 1 aromatic carbocycles. The molecular formula is C26H28BrN7O. The molecule has 1 fully saturated rings. The minimum Gasteiger partial charge on any atom is -0.366 e. The third-order valence-electron chi connectivity index (χ3n) is 6.39. The van der Waals surface area contributed by atoms with Gasteiger partial charge in [0.1, 0.15) is 5.82 Å². The van der Waals surface area contributed by atoms with Crippen molar-refractivity contribution >= 4 is 39.1 Å². The minimum atomic E-state index is -0.0690. The van der Waals surface area contributed by atoms with Gasteiger partial charge in [0.25, 0.3) is 0 Å². The van der Waals surface area contributed by atoms with Crippen LogP contribution in [0, 0.1) is 0 Å². The van der Waals surface area contributed by atoms with Gasteiger partial charge in [0.2, 0.25) is 0 Å². The zero-order valence-electron chi connectivity index (χ0n) is 19.6. The summed E-state index contributed by atoms with van der Waals surface area (Å²) in [7, 11) is 0. The normalized spacial score (nSPS) is 15.8. The number of carbonyl (C=O) groups is 1. The van der Waals surface area contributed by atoms with E-state index in [9.17, 15) is 4.79 Å². The van der Waals surface area contributed by atoms with Crippen molar-refractivity contribution in [3.05, 3.63) is 82.3 Å². The Kier molecular flexibility index (Phi) is 6.94. The molecule has 4 aromatic rings. The van der Waals surface area contributed by atoms with E-state index in [1.807, 2.05) is 35.4 Å². The Balaban J connectivity index is 1.34. The number of benzene rings is 1. The molecule has 1 aliphatic heterocycles. The second-order valence-corrected chi connectivity index (χ2v) is 9.63. The Bertz CT molecular complexity index is 1310. The molecule has 1 atom stereocenters. The van der Waals surface area contributed by atoms with Gasteiger partial charge in [-0.15, -0.1) is 0 Å². The van der Waals surface area contributed by atoms with Crippen LogP contribution in [0.4, 0.5) is 16.3 Å². The highest BCUT2D eigenvalue weighted by Gasteiger charge is 2.27. The molecule has 1 saturated heterocycles. The molecule has 4 heterocycles. The summed E-state index contributed by atoms with van der Waals surface area (Å²) >= 11 is 3.58. The number of amides is 2. The van der Waals surface area contributed by atoms with Crippen LogP contribution in [-0.4, -0.2) is 43.6 Å². The van der Waals surface area contributed by atoms with E-state index < -0.39 is 0 Å². The molecule has 0 aliphatic carbocycles. The van der Waals surface area contributed by atoms with Gasteiger partial charge in [-0.2, -0.15) is 9.61 Å². The molecule has 2 N–H and O–H groups in total. The van der Waals surface area contributed by atoms with Gasteiger partial charge in [-0.05, 0) is 64.5 Å². The van der Waals surface area contributed by atoms with Gasteiger partial charge >= 0.3 is 6.03 Å². The number of aryl methyl sites for hydroxylation is 1. The first kappa shape index (κ1) is 23.3. The number of piperidine rings is 1. The number of aromatic nitrogens is 4. The topological polar surface area (TPSA) is 87.5 Å². The van der Waals surface area contributed by atoms with Gasteiger partial charge in [-0.1, -0.05) is 25.1 Å². The van der Waals surface area contributed by atoms with E-state index in [1.54, 1.807) is 16.9 Å². The van der Waals surface area contributed by atoms with Crippen LogP contribution in [0.3, 0.4) is 0 Å². The Hall–Kier alpha value is -3.46. The number of nitrogens with one attached hydrogen (secondary N) is 2. The van der Waals surface area contributed by atoms with Crippen LogP contribution in [-0.2, 0) is 13.0 Å². The lowest BCUT2D eigenvalue weighted by molar-refractivity contribution is 0.192. The van der Waals surface area contributed by atoms with Crippen LogP contribution >= 0.6 is 15.9 Å². The summed E-state index contributed by atoms with van der Waals surface area (Å²) in [5.41, 5.74) is 4.86. The fraction of sp³-hybridized carbons (Fsp3) is 0.308. The summed E-state index contributed by atoms with van der Waals surface area (Å²) in [5, 5.41) is 11.0. The van der Waals surface area contributed by atoms with Crippen molar-refractivity contribution in [2.45, 2.75) is 38.6 Å². The summed E-state index contributed by atoms with van der Waals surface area (Å²) in [4.78, 5) is 24.0. The number of urea groups is 1. The molecule has 0 saturated carbocycles. The van der Waals surface area contributed by atoms with Crippen molar-refractivity contribution in [3.8, 4) is 0 Å². The third-order valence-corrected chi connectivity index (χ3v) is 6.94. The molecule has 5 rings (SSSR count). The smallest absolute Gasteiger partial charge is 0.321 e. The van der Waals surface area contributed by atoms with Crippen molar-refractivity contribution in [2.24, 2.45) is 0 Å². The zero-order valence-corrected chi connectivity index (χ0v) is 21.2. The highest BCUT2D eigenvalue weighted by atomic mass is 79.9. The minimum absolute atomic E-state index is 0.0690. The maximum absolute atomic E-state index is 13.0. The molecule has 35 heavy (non-hydrogen) atoms. The standard InChI is InChI=1S/C26H28BrN7O/c1-2-18-7-9-21(10-8-18)31-26(35)33-12-4-6-20(17-33)23-13-24(29-15-19-5-3-11-28-14-19)34-25(32-23)22(27)16-30-34/h3,5,7-11,13-14,16,20,29H,2,4,6,12,15,17H2,1H3,(H,31,35). The van der Waals surface area contributed by atoms with Crippen LogP contribution in [0.15, 0.2) is 65.5 Å². The molecule has 9 heteroatoms. The summed E-state index contributed by atoms with van der Waals surface area (Å²) in [6.45, 7) is 4.10. The quantitative estimate of drug-likeness (QED) is 0.343. The van der Waals surface area contributed by atoms with Crippen molar-refractivity contribution < 1.29 is 4.79 Å². The van der Waals surface area contributed by atoms with Crippen LogP contribution in [0.25, 0.3) is 5.65 Å². The fourth-order valence-corrected chi connectivity index (χ4v) is 4.76. The molecule has 0 spiro atoms. The summed E-state index contributed by atoms with van der Waals surface area (Å²) in [6.07, 6.45) is 8.25. The largest absolute Gasteiger partial charge is 0.366 e. The number of rotatable bonds is 6. The number of pyridine rings is 1. The Morgan fingerprint density at radius 2 is 2.03 bits per heavy atom. The number of halogens is 1. The molecule has 8 nitrogen and oxygen atoms in total. The number of hydrogen-bond acceptors (Lipinski definition) is 5. The lowest BCUT2D eigenvalue weighted by Crippen LogP contribution is -2.41. The summed E-state index contributed by atoms with van der Waals surface area (Å²) in [6, 6.07) is 14.0. The van der Waals surface area contributed by atoms with E-state index in [4.69, 9.17) is 4.98 Å². The van der Waals surface area contributed by atoms with Crippen molar-refractivity contribution in [3.63, 3.8) is 0 Å². The number of likely N-dealkylation sites (tertiary alicyclic amines) is 1. The van der Waals surface area contributed by atoms with Gasteiger partial charge in [0.05, 0.1) is 16.4 Å². The zero-order chi connectivity index (χ0) is 24.2. The van der Waals surface area contributed by atoms with Crippen LogP contribution in [0.1, 0.15) is 42.5 Å². The number of nitrogens with zero attached hydrogens (tertiary/aromatic N) is 5. The lowest BCUT2D eigenvalue weighted by Gasteiger charge is -2.32. The van der Waals surface area contributed by atoms with Gasteiger partial charge in [0.15, 0.2) is 5.65 Å². The first-order chi connectivity index (χ1) is 17.1. The van der Waals surface area contributed by atoms with Gasteiger partial charge in [0, 0.05) is 49.7 Å². The van der Waals surface area contributed by atoms with E-state index >= 15 is 0 Å². The van der Waals surface area contributed by atoms with Crippen LogP contribution in [0.5, 0.6) is 0 Å². The first-order valence-corrected chi connectivity index (χ1v) is 12.7. The molecular weight excluding hydrogens is 506 g/mol. The molecule has 2 amide bonds. The number of fused-ring (bicyclic) bond motifs is 1. The van der Waals surface area contributed by atoms with Crippen LogP contribution < -0.4 is 10.6 Å². The Morgan fingerprint density at radius 3 is 2.80 bits per heavy atom. The highest BCUT2D eigenvalue weighted by Crippen LogP contribution is 2.30. The Labute approximate surface area is 212 Å². The van der Waals surface area contributed by atoms with Gasteiger partial charge in [-0.3, -0.25) is 4.98 Å². The van der Waals surface area contributed by atoms with Gasteiger partial charge < -0.3 is 15.5 Å². The van der Waals surface area contributed by atoms with E-state index in [0.717, 1.165) is 58.7 Å². The van der Waals surface area contributed by atoms with E-state index in [0.29, 0.717) is 13.1 Å². The van der Waals surface area contributed by atoms with E-state index in [2.05, 4.69) is 61.8 Å². The monoisotopic (exact) mass is 533 g/mol. The molecule has 0 radical (unpaired) electrons. The second kappa shape index (κ2) is 10.4. The number of carbonyl (C=O) groups excluding carboxylic acids is 1. The third kappa shape index (κ3) is 5.30. The number of anilines is 2. The second-order valence-electron chi connectivity index (χ2n) is 8.77. The molecule has 1 aliphatic rings. The van der Waals surface area contributed by atoms with Gasteiger partial charge in [-0.25, -0.2) is 9.78 Å². The predicted octanol–water partition coefficient (Wildman–Crippen LogP) is 5.47. The summed E-state index contributed by atoms with van der Waals surface area (Å²) < 4.78 is 2.64. The molecule has 3 aromatic heterocycles. The van der Waals surface area contributed by atoms with Crippen molar-refractivity contribution in [1.29, 1.82) is 0 Å². The number of hydrogen-bond donors (Lipinski definition) is 2. The molecule has 1 unspecified atom stereocenters. The first-order valence-electron chi connectivity index (χ1n) is 11.9. The lowest BCUT2D eigenvalue weighted by atomic mass is 9.94. The average Bonchev–Trinajstić information content (AvgIpc) is 3.29. The SMILES string of the molecule is CCc1ccc(NC(=O)N2CCCC(c3cc(NCc4cccnc4)n4ncc(Br)c4n3)C2)cc1. The van der Waals surface area contributed by atoms with Crippen molar-refractivity contribution in [1.82, 2.24) is 24.5 Å². The molecule has 180 valence electrons. The highest BCUT2D eigenvalue weighted by molar-refractivity contribution is 9.10. The molecule has 0 bridgehead atoms. The maximum atomic E-state index is 13.0.